The summed E-state index contributed by atoms with van der Waals surface area (Å²) in [6.07, 6.45) is -0.534. The van der Waals surface area contributed by atoms with E-state index in [4.69, 9.17) is 16.3 Å². The Bertz CT molecular complexity index is 571. The third kappa shape index (κ3) is 3.49. The Balaban J connectivity index is 2.28. The second kappa shape index (κ2) is 5.64. The molecule has 0 heterocycles. The highest BCUT2D eigenvalue weighted by atomic mass is 35.5. The maximum absolute atomic E-state index is 9.50. The lowest BCUT2D eigenvalue weighted by atomic mass is 10.1. The van der Waals surface area contributed by atoms with Crippen LogP contribution in [0.3, 0.4) is 0 Å². The van der Waals surface area contributed by atoms with E-state index < -0.39 is 6.10 Å². The first-order valence-corrected chi connectivity index (χ1v) is 6.57. The van der Waals surface area contributed by atoms with Gasteiger partial charge in [-0.05, 0) is 61.7 Å². The van der Waals surface area contributed by atoms with Crippen molar-refractivity contribution in [3.8, 4) is 11.5 Å². The molecule has 0 aliphatic carbocycles. The molecule has 2 aromatic rings. The third-order valence-corrected chi connectivity index (χ3v) is 3.16. The van der Waals surface area contributed by atoms with Gasteiger partial charge in [0.15, 0.2) is 0 Å². The summed E-state index contributed by atoms with van der Waals surface area (Å²) in [6.45, 7) is 5.76. The minimum absolute atomic E-state index is 0.498. The predicted molar refractivity (Wildman–Crippen MR) is 78.1 cm³/mol. The van der Waals surface area contributed by atoms with Crippen LogP contribution in [0.4, 0.5) is 0 Å². The number of aliphatic hydroxyl groups excluding tert-OH is 1. The van der Waals surface area contributed by atoms with Gasteiger partial charge >= 0.3 is 0 Å². The van der Waals surface area contributed by atoms with Gasteiger partial charge in [-0.1, -0.05) is 23.7 Å². The average molecular weight is 277 g/mol. The van der Waals surface area contributed by atoms with Crippen molar-refractivity contribution >= 4 is 11.6 Å². The molecule has 0 saturated heterocycles. The van der Waals surface area contributed by atoms with Gasteiger partial charge in [0.1, 0.15) is 11.5 Å². The lowest BCUT2D eigenvalue weighted by molar-refractivity contribution is 0.199. The predicted octanol–water partition coefficient (Wildman–Crippen LogP) is 4.80. The van der Waals surface area contributed by atoms with E-state index in [1.807, 2.05) is 32.0 Å². The second-order valence-electron chi connectivity index (χ2n) is 4.79. The van der Waals surface area contributed by atoms with Crippen LogP contribution in [0, 0.1) is 13.8 Å². The zero-order valence-electron chi connectivity index (χ0n) is 11.3. The van der Waals surface area contributed by atoms with Crippen molar-refractivity contribution in [2.75, 3.05) is 0 Å². The fourth-order valence-corrected chi connectivity index (χ4v) is 2.21. The highest BCUT2D eigenvalue weighted by molar-refractivity contribution is 6.32. The number of hydrogen-bond donors (Lipinski definition) is 1. The number of aryl methyl sites for hydroxylation is 2. The minimum Gasteiger partial charge on any atom is -0.456 e. The lowest BCUT2D eigenvalue weighted by Gasteiger charge is -2.11. The van der Waals surface area contributed by atoms with Crippen molar-refractivity contribution in [1.82, 2.24) is 0 Å². The fraction of sp³-hybridized carbons (Fsp3) is 0.250. The first-order chi connectivity index (χ1) is 8.95. The fourth-order valence-electron chi connectivity index (χ4n) is 1.98. The molecule has 3 heteroatoms. The summed E-state index contributed by atoms with van der Waals surface area (Å²) >= 11 is 6.17. The highest BCUT2D eigenvalue weighted by Gasteiger charge is 2.08. The third-order valence-electron chi connectivity index (χ3n) is 2.86. The molecule has 1 N–H and O–H groups in total. The number of hydrogen-bond acceptors (Lipinski definition) is 2. The lowest BCUT2D eigenvalue weighted by Crippen LogP contribution is -1.92. The maximum atomic E-state index is 9.50. The monoisotopic (exact) mass is 276 g/mol. The molecular weight excluding hydrogens is 260 g/mol. The van der Waals surface area contributed by atoms with Gasteiger partial charge in [-0.25, -0.2) is 0 Å². The number of rotatable bonds is 3. The van der Waals surface area contributed by atoms with Crippen LogP contribution in [0.15, 0.2) is 36.4 Å². The first-order valence-electron chi connectivity index (χ1n) is 6.19. The molecule has 100 valence electrons. The van der Waals surface area contributed by atoms with E-state index >= 15 is 0 Å². The molecule has 0 aliphatic heterocycles. The van der Waals surface area contributed by atoms with Crippen LogP contribution in [-0.4, -0.2) is 5.11 Å². The SMILES string of the molecule is Cc1cc(C)cc(Oc2ccc(C(C)O)cc2Cl)c1. The molecule has 1 unspecified atom stereocenters. The summed E-state index contributed by atoms with van der Waals surface area (Å²) in [4.78, 5) is 0. The van der Waals surface area contributed by atoms with E-state index in [1.165, 1.54) is 0 Å². The van der Waals surface area contributed by atoms with Crippen LogP contribution in [0.25, 0.3) is 0 Å². The zero-order chi connectivity index (χ0) is 14.0. The molecule has 0 bridgehead atoms. The van der Waals surface area contributed by atoms with Crippen LogP contribution in [0.2, 0.25) is 5.02 Å². The topological polar surface area (TPSA) is 29.5 Å². The highest BCUT2D eigenvalue weighted by Crippen LogP contribution is 2.32. The van der Waals surface area contributed by atoms with Crippen LogP contribution < -0.4 is 4.74 Å². The Morgan fingerprint density at radius 2 is 1.68 bits per heavy atom. The molecule has 0 fully saturated rings. The summed E-state index contributed by atoms with van der Waals surface area (Å²) in [7, 11) is 0. The van der Waals surface area contributed by atoms with Crippen LogP contribution in [0.1, 0.15) is 29.7 Å². The molecular formula is C16H17ClO2. The molecule has 0 spiro atoms. The largest absolute Gasteiger partial charge is 0.456 e. The molecule has 0 aromatic heterocycles. The van der Waals surface area contributed by atoms with E-state index in [0.29, 0.717) is 10.8 Å². The van der Waals surface area contributed by atoms with Crippen molar-refractivity contribution in [3.05, 3.63) is 58.1 Å². The summed E-state index contributed by atoms with van der Waals surface area (Å²) in [5.41, 5.74) is 3.07. The first kappa shape index (κ1) is 13.9. The average Bonchev–Trinajstić information content (AvgIpc) is 2.30. The molecule has 0 amide bonds. The summed E-state index contributed by atoms with van der Waals surface area (Å²) in [5.74, 6) is 1.36. The minimum atomic E-state index is -0.534. The van der Waals surface area contributed by atoms with E-state index in [0.717, 1.165) is 22.4 Å². The van der Waals surface area contributed by atoms with E-state index in [-0.39, 0.29) is 0 Å². The maximum Gasteiger partial charge on any atom is 0.146 e. The molecule has 19 heavy (non-hydrogen) atoms. The van der Waals surface area contributed by atoms with E-state index in [9.17, 15) is 5.11 Å². The van der Waals surface area contributed by atoms with Gasteiger partial charge in [0, 0.05) is 0 Å². The van der Waals surface area contributed by atoms with Crippen LogP contribution in [-0.2, 0) is 0 Å². The molecule has 0 aliphatic rings. The van der Waals surface area contributed by atoms with Crippen molar-refractivity contribution < 1.29 is 9.84 Å². The van der Waals surface area contributed by atoms with Gasteiger partial charge in [-0.15, -0.1) is 0 Å². The van der Waals surface area contributed by atoms with Crippen molar-refractivity contribution in [1.29, 1.82) is 0 Å². The number of halogens is 1. The smallest absolute Gasteiger partial charge is 0.146 e. The summed E-state index contributed by atoms with van der Waals surface area (Å²) in [6, 6.07) is 11.3. The van der Waals surface area contributed by atoms with Gasteiger partial charge in [-0.3, -0.25) is 0 Å². The second-order valence-corrected chi connectivity index (χ2v) is 5.20. The zero-order valence-corrected chi connectivity index (χ0v) is 12.0. The van der Waals surface area contributed by atoms with Gasteiger partial charge < -0.3 is 9.84 Å². The number of benzene rings is 2. The van der Waals surface area contributed by atoms with Gasteiger partial charge in [0.2, 0.25) is 0 Å². The Labute approximate surface area is 118 Å². The van der Waals surface area contributed by atoms with Crippen LogP contribution >= 0.6 is 11.6 Å². The number of aliphatic hydroxyl groups is 1. The molecule has 0 radical (unpaired) electrons. The Morgan fingerprint density at radius 1 is 1.05 bits per heavy atom. The molecule has 1 atom stereocenters. The van der Waals surface area contributed by atoms with Crippen molar-refractivity contribution in [2.45, 2.75) is 26.9 Å². The van der Waals surface area contributed by atoms with Crippen molar-refractivity contribution in [3.63, 3.8) is 0 Å². The van der Waals surface area contributed by atoms with E-state index in [1.54, 1.807) is 19.1 Å². The standard InChI is InChI=1S/C16H17ClO2/c1-10-6-11(2)8-14(7-10)19-16-5-4-13(12(3)18)9-15(16)17/h4-9,12,18H,1-3H3. The summed E-state index contributed by atoms with van der Waals surface area (Å²) < 4.78 is 5.79. The van der Waals surface area contributed by atoms with Gasteiger partial charge in [0.25, 0.3) is 0 Å². The molecule has 2 nitrogen and oxygen atoms in total. The Morgan fingerprint density at radius 3 is 2.21 bits per heavy atom. The molecule has 2 aromatic carbocycles. The van der Waals surface area contributed by atoms with Crippen LogP contribution in [0.5, 0.6) is 11.5 Å². The van der Waals surface area contributed by atoms with E-state index in [2.05, 4.69) is 6.07 Å². The molecule has 2 rings (SSSR count). The quantitative estimate of drug-likeness (QED) is 0.872. The summed E-state index contributed by atoms with van der Waals surface area (Å²) in [5, 5.41) is 10.00. The Kier molecular flexibility index (Phi) is 4.13. The van der Waals surface area contributed by atoms with Gasteiger partial charge in [-0.2, -0.15) is 0 Å². The molecule has 0 saturated carbocycles. The normalized spacial score (nSPS) is 12.3. The van der Waals surface area contributed by atoms with Crippen molar-refractivity contribution in [2.24, 2.45) is 0 Å². The number of ether oxygens (including phenoxy) is 1. The Hall–Kier alpha value is -1.51. The van der Waals surface area contributed by atoms with Gasteiger partial charge in [0.05, 0.1) is 11.1 Å².